The molecule has 0 heterocycles. The first-order valence-electron chi connectivity index (χ1n) is 7.80. The van der Waals surface area contributed by atoms with E-state index < -0.39 is 16.2 Å². The SMILES string of the molecule is CN(Cc1ccc(OC(F)(F)F)cc1)C(=O)c1ccc(CS(C)(=O)=O)cc1. The molecule has 9 heteroatoms. The summed E-state index contributed by atoms with van der Waals surface area (Å²) >= 11 is 0. The number of halogens is 3. The largest absolute Gasteiger partial charge is 0.573 e. The van der Waals surface area contributed by atoms with Gasteiger partial charge >= 0.3 is 6.36 Å². The number of carbonyl (C=O) groups is 1. The maximum absolute atomic E-state index is 12.4. The van der Waals surface area contributed by atoms with E-state index in [1.165, 1.54) is 29.2 Å². The highest BCUT2D eigenvalue weighted by Gasteiger charge is 2.30. The Labute approximate surface area is 155 Å². The highest BCUT2D eigenvalue weighted by atomic mass is 32.2. The zero-order valence-corrected chi connectivity index (χ0v) is 15.5. The summed E-state index contributed by atoms with van der Waals surface area (Å²) in [6, 6.07) is 11.5. The van der Waals surface area contributed by atoms with Crippen LogP contribution in [0.4, 0.5) is 13.2 Å². The molecule has 27 heavy (non-hydrogen) atoms. The number of hydrogen-bond acceptors (Lipinski definition) is 4. The van der Waals surface area contributed by atoms with Gasteiger partial charge in [0.2, 0.25) is 0 Å². The fourth-order valence-corrected chi connectivity index (χ4v) is 3.21. The molecule has 0 fully saturated rings. The monoisotopic (exact) mass is 401 g/mol. The summed E-state index contributed by atoms with van der Waals surface area (Å²) in [4.78, 5) is 13.8. The predicted octanol–water partition coefficient (Wildman–Crippen LogP) is 3.40. The van der Waals surface area contributed by atoms with Gasteiger partial charge in [0.05, 0.1) is 5.75 Å². The fourth-order valence-electron chi connectivity index (χ4n) is 2.41. The van der Waals surface area contributed by atoms with Gasteiger partial charge in [0.15, 0.2) is 9.84 Å². The Hall–Kier alpha value is -2.55. The van der Waals surface area contributed by atoms with E-state index >= 15 is 0 Å². The summed E-state index contributed by atoms with van der Waals surface area (Å²) in [7, 11) is -1.60. The number of sulfone groups is 1. The number of ether oxygens (including phenoxy) is 1. The van der Waals surface area contributed by atoms with Crippen molar-refractivity contribution in [2.24, 2.45) is 0 Å². The van der Waals surface area contributed by atoms with Crippen molar-refractivity contribution in [2.75, 3.05) is 13.3 Å². The van der Waals surface area contributed by atoms with Gasteiger partial charge in [0.1, 0.15) is 5.75 Å². The Bertz CT molecular complexity index is 892. The highest BCUT2D eigenvalue weighted by Crippen LogP contribution is 2.23. The van der Waals surface area contributed by atoms with Crippen molar-refractivity contribution < 1.29 is 31.1 Å². The molecule has 0 spiro atoms. The van der Waals surface area contributed by atoms with Gasteiger partial charge in [-0.05, 0) is 35.4 Å². The summed E-state index contributed by atoms with van der Waals surface area (Å²) in [5.74, 6) is -0.734. The lowest BCUT2D eigenvalue weighted by Crippen LogP contribution is -2.26. The third-order valence-electron chi connectivity index (χ3n) is 3.55. The van der Waals surface area contributed by atoms with Crippen LogP contribution in [0.3, 0.4) is 0 Å². The van der Waals surface area contributed by atoms with Gasteiger partial charge in [-0.15, -0.1) is 13.2 Å². The molecule has 0 aliphatic carbocycles. The van der Waals surface area contributed by atoms with E-state index in [9.17, 15) is 26.4 Å². The molecule has 2 rings (SSSR count). The summed E-state index contributed by atoms with van der Waals surface area (Å²) in [6.07, 6.45) is -3.62. The van der Waals surface area contributed by atoms with Gasteiger partial charge < -0.3 is 9.64 Å². The van der Waals surface area contributed by atoms with Gasteiger partial charge in [-0.25, -0.2) is 8.42 Å². The molecule has 0 radical (unpaired) electrons. The normalized spacial score (nSPS) is 11.9. The summed E-state index contributed by atoms with van der Waals surface area (Å²) in [5.41, 5.74) is 1.60. The number of benzene rings is 2. The second-order valence-corrected chi connectivity index (χ2v) is 8.26. The van der Waals surface area contributed by atoms with Crippen molar-refractivity contribution in [3.05, 3.63) is 65.2 Å². The fraction of sp³-hybridized carbons (Fsp3) is 0.278. The molecule has 0 unspecified atom stereocenters. The highest BCUT2D eigenvalue weighted by molar-refractivity contribution is 7.89. The Morgan fingerprint density at radius 2 is 1.52 bits per heavy atom. The third kappa shape index (κ3) is 6.93. The summed E-state index contributed by atoms with van der Waals surface area (Å²) in [6.45, 7) is 0.191. The summed E-state index contributed by atoms with van der Waals surface area (Å²) in [5, 5.41) is 0. The van der Waals surface area contributed by atoms with Crippen molar-refractivity contribution in [2.45, 2.75) is 18.7 Å². The first-order valence-corrected chi connectivity index (χ1v) is 9.86. The van der Waals surface area contributed by atoms with E-state index in [1.54, 1.807) is 31.3 Å². The van der Waals surface area contributed by atoms with Crippen LogP contribution in [0, 0.1) is 0 Å². The van der Waals surface area contributed by atoms with Crippen LogP contribution >= 0.6 is 0 Å². The Balaban J connectivity index is 2.01. The molecule has 0 aliphatic rings. The minimum absolute atomic E-state index is 0.107. The predicted molar refractivity (Wildman–Crippen MR) is 93.9 cm³/mol. The second-order valence-electron chi connectivity index (χ2n) is 6.12. The van der Waals surface area contributed by atoms with Crippen LogP contribution in [0.25, 0.3) is 0 Å². The summed E-state index contributed by atoms with van der Waals surface area (Å²) < 4.78 is 62.8. The average molecular weight is 401 g/mol. The van der Waals surface area contributed by atoms with Crippen LogP contribution in [-0.2, 0) is 22.1 Å². The minimum Gasteiger partial charge on any atom is -0.406 e. The zero-order valence-electron chi connectivity index (χ0n) is 14.7. The standard InChI is InChI=1S/C18H18F3NO4S/c1-22(11-13-5-9-16(10-6-13)26-18(19,20)21)17(23)15-7-3-14(4-8-15)12-27(2,24)25/h3-10H,11-12H2,1-2H3. The number of alkyl halides is 3. The average Bonchev–Trinajstić information content (AvgIpc) is 2.54. The molecule has 0 saturated carbocycles. The molecule has 146 valence electrons. The van der Waals surface area contributed by atoms with Crippen molar-refractivity contribution >= 4 is 15.7 Å². The minimum atomic E-state index is -4.75. The van der Waals surface area contributed by atoms with E-state index in [1.807, 2.05) is 0 Å². The molecule has 2 aromatic rings. The smallest absolute Gasteiger partial charge is 0.406 e. The van der Waals surface area contributed by atoms with Gasteiger partial charge in [-0.3, -0.25) is 4.79 Å². The van der Waals surface area contributed by atoms with Crippen molar-refractivity contribution in [1.82, 2.24) is 4.90 Å². The number of carbonyl (C=O) groups excluding carboxylic acids is 1. The van der Waals surface area contributed by atoms with Crippen LogP contribution in [0.5, 0.6) is 5.75 Å². The van der Waals surface area contributed by atoms with E-state index in [0.717, 1.165) is 6.26 Å². The number of hydrogen-bond donors (Lipinski definition) is 0. The Morgan fingerprint density at radius 3 is 2.00 bits per heavy atom. The van der Waals surface area contributed by atoms with E-state index in [0.29, 0.717) is 16.7 Å². The van der Waals surface area contributed by atoms with Crippen LogP contribution in [0.15, 0.2) is 48.5 Å². The molecule has 0 bridgehead atoms. The molecule has 2 aromatic carbocycles. The topological polar surface area (TPSA) is 63.7 Å². The van der Waals surface area contributed by atoms with E-state index in [-0.39, 0.29) is 24.0 Å². The molecule has 0 saturated heterocycles. The lowest BCUT2D eigenvalue weighted by Gasteiger charge is -2.18. The first-order chi connectivity index (χ1) is 12.4. The van der Waals surface area contributed by atoms with Gasteiger partial charge in [0.25, 0.3) is 5.91 Å². The molecular weight excluding hydrogens is 383 g/mol. The van der Waals surface area contributed by atoms with Crippen LogP contribution < -0.4 is 4.74 Å². The van der Waals surface area contributed by atoms with E-state index in [4.69, 9.17) is 0 Å². The number of nitrogens with zero attached hydrogens (tertiary/aromatic N) is 1. The Kier molecular flexibility index (Phi) is 6.15. The van der Waals surface area contributed by atoms with Crippen molar-refractivity contribution in [3.8, 4) is 5.75 Å². The zero-order chi connectivity index (χ0) is 20.2. The maximum Gasteiger partial charge on any atom is 0.573 e. The molecule has 0 atom stereocenters. The molecule has 0 aromatic heterocycles. The van der Waals surface area contributed by atoms with Crippen LogP contribution in [-0.4, -0.2) is 38.9 Å². The Morgan fingerprint density at radius 1 is 1.00 bits per heavy atom. The van der Waals surface area contributed by atoms with Crippen molar-refractivity contribution in [3.63, 3.8) is 0 Å². The second kappa shape index (κ2) is 7.99. The lowest BCUT2D eigenvalue weighted by atomic mass is 10.1. The molecule has 0 N–H and O–H groups in total. The molecule has 5 nitrogen and oxygen atoms in total. The van der Waals surface area contributed by atoms with Gasteiger partial charge in [0, 0.05) is 25.4 Å². The first kappa shape index (κ1) is 20.8. The van der Waals surface area contributed by atoms with Crippen LogP contribution in [0.1, 0.15) is 21.5 Å². The lowest BCUT2D eigenvalue weighted by molar-refractivity contribution is -0.274. The van der Waals surface area contributed by atoms with Gasteiger partial charge in [-0.1, -0.05) is 24.3 Å². The van der Waals surface area contributed by atoms with E-state index in [2.05, 4.69) is 4.74 Å². The molecule has 0 aliphatic heterocycles. The van der Waals surface area contributed by atoms with Crippen LogP contribution in [0.2, 0.25) is 0 Å². The quantitative estimate of drug-likeness (QED) is 0.744. The third-order valence-corrected chi connectivity index (χ3v) is 4.41. The molecule has 1 amide bonds. The number of amides is 1. The number of rotatable bonds is 6. The van der Waals surface area contributed by atoms with Gasteiger partial charge in [-0.2, -0.15) is 0 Å². The molecular formula is C18H18F3NO4S. The maximum atomic E-state index is 12.4. The van der Waals surface area contributed by atoms with Crippen molar-refractivity contribution in [1.29, 1.82) is 0 Å².